The number of nitrogens with zero attached hydrogens (tertiary/aromatic N) is 2. The molecule has 142 valence electrons. The highest BCUT2D eigenvalue weighted by Gasteiger charge is 2.41. The van der Waals surface area contributed by atoms with Crippen LogP contribution in [0, 0.1) is 0 Å². The Labute approximate surface area is 159 Å². The van der Waals surface area contributed by atoms with Crippen LogP contribution in [0.3, 0.4) is 0 Å². The highest BCUT2D eigenvalue weighted by molar-refractivity contribution is 5.93. The Morgan fingerprint density at radius 3 is 2.59 bits per heavy atom. The monoisotopic (exact) mass is 367 g/mol. The van der Waals surface area contributed by atoms with Gasteiger partial charge in [0.05, 0.1) is 19.3 Å². The van der Waals surface area contributed by atoms with Crippen molar-refractivity contribution in [3.63, 3.8) is 0 Å². The molecule has 2 aliphatic rings. The molecule has 1 aromatic heterocycles. The van der Waals surface area contributed by atoms with E-state index in [1.807, 2.05) is 36.4 Å². The van der Waals surface area contributed by atoms with Gasteiger partial charge in [-0.15, -0.1) is 0 Å². The van der Waals surface area contributed by atoms with Gasteiger partial charge < -0.3 is 19.7 Å². The molecule has 3 heterocycles. The van der Waals surface area contributed by atoms with Gasteiger partial charge in [-0.05, 0) is 49.1 Å². The topological polar surface area (TPSA) is 63.7 Å². The molecule has 27 heavy (non-hydrogen) atoms. The largest absolute Gasteiger partial charge is 0.497 e. The number of rotatable bonds is 5. The van der Waals surface area contributed by atoms with Crippen molar-refractivity contribution in [2.45, 2.75) is 31.4 Å². The molecule has 0 saturated carbocycles. The Hall–Kier alpha value is -2.60. The zero-order chi connectivity index (χ0) is 18.7. The number of anilines is 1. The second-order valence-corrected chi connectivity index (χ2v) is 7.20. The zero-order valence-corrected chi connectivity index (χ0v) is 15.6. The molecule has 0 radical (unpaired) electrons. The number of methoxy groups -OCH3 is 1. The lowest BCUT2D eigenvalue weighted by atomic mass is 9.84. The molecule has 1 N–H and O–H groups in total. The summed E-state index contributed by atoms with van der Waals surface area (Å²) < 4.78 is 10.9. The Morgan fingerprint density at radius 2 is 1.96 bits per heavy atom. The van der Waals surface area contributed by atoms with Gasteiger partial charge >= 0.3 is 0 Å². The Balaban J connectivity index is 1.35. The van der Waals surface area contributed by atoms with Crippen LogP contribution in [0.4, 0.5) is 5.69 Å². The summed E-state index contributed by atoms with van der Waals surface area (Å²) in [6.07, 6.45) is 4.99. The maximum Gasteiger partial charge on any atom is 0.270 e. The van der Waals surface area contributed by atoms with Gasteiger partial charge in [-0.3, -0.25) is 9.78 Å². The van der Waals surface area contributed by atoms with E-state index < -0.39 is 0 Å². The molecule has 1 spiro atoms. The van der Waals surface area contributed by atoms with Crippen LogP contribution in [0.15, 0.2) is 42.6 Å². The smallest absolute Gasteiger partial charge is 0.270 e. The van der Waals surface area contributed by atoms with Crippen molar-refractivity contribution in [3.05, 3.63) is 53.9 Å². The van der Waals surface area contributed by atoms with Crippen LogP contribution in [-0.4, -0.2) is 43.3 Å². The lowest BCUT2D eigenvalue weighted by Crippen LogP contribution is -2.52. The minimum atomic E-state index is -0.163. The van der Waals surface area contributed by atoms with Crippen LogP contribution >= 0.6 is 0 Å². The minimum Gasteiger partial charge on any atom is -0.497 e. The highest BCUT2D eigenvalue weighted by atomic mass is 16.5. The van der Waals surface area contributed by atoms with Crippen molar-refractivity contribution in [2.24, 2.45) is 0 Å². The maximum absolute atomic E-state index is 12.5. The van der Waals surface area contributed by atoms with Crippen molar-refractivity contribution >= 4 is 11.6 Å². The van der Waals surface area contributed by atoms with Gasteiger partial charge in [0, 0.05) is 31.5 Å². The van der Waals surface area contributed by atoms with Crippen LogP contribution in [0.5, 0.6) is 5.75 Å². The molecule has 6 nitrogen and oxygen atoms in total. The fourth-order valence-electron chi connectivity index (χ4n) is 3.71. The molecule has 4 rings (SSSR count). The van der Waals surface area contributed by atoms with Gasteiger partial charge in [0.15, 0.2) is 0 Å². The average Bonchev–Trinajstić information content (AvgIpc) is 2.71. The van der Waals surface area contributed by atoms with Crippen molar-refractivity contribution in [1.82, 2.24) is 10.3 Å². The third-order valence-corrected chi connectivity index (χ3v) is 5.59. The standard InChI is InChI=1S/C21H25N3O3/c1-26-18-4-2-16(3-5-18)15-23-20(25)19-14-17(6-10-22-19)24-11-7-21(8-12-24)9-13-27-21/h2-6,10,14H,7-9,11-13,15H2,1H3,(H,23,25). The molecule has 2 saturated heterocycles. The molecular weight excluding hydrogens is 342 g/mol. The second-order valence-electron chi connectivity index (χ2n) is 7.20. The van der Waals surface area contributed by atoms with E-state index in [1.54, 1.807) is 13.3 Å². The highest BCUT2D eigenvalue weighted by Crippen LogP contribution is 2.37. The predicted molar refractivity (Wildman–Crippen MR) is 103 cm³/mol. The first-order valence-electron chi connectivity index (χ1n) is 9.44. The summed E-state index contributed by atoms with van der Waals surface area (Å²) in [4.78, 5) is 19.1. The molecule has 1 amide bonds. The van der Waals surface area contributed by atoms with Crippen LogP contribution < -0.4 is 15.0 Å². The first-order chi connectivity index (χ1) is 13.2. The van der Waals surface area contributed by atoms with Crippen molar-refractivity contribution in [1.29, 1.82) is 0 Å². The Morgan fingerprint density at radius 1 is 1.22 bits per heavy atom. The van der Waals surface area contributed by atoms with Gasteiger partial charge in [-0.25, -0.2) is 0 Å². The van der Waals surface area contributed by atoms with E-state index in [-0.39, 0.29) is 11.5 Å². The first-order valence-corrected chi connectivity index (χ1v) is 9.44. The summed E-state index contributed by atoms with van der Waals surface area (Å²) in [7, 11) is 1.64. The van der Waals surface area contributed by atoms with Crippen molar-refractivity contribution < 1.29 is 14.3 Å². The van der Waals surface area contributed by atoms with Gasteiger partial charge in [0.25, 0.3) is 5.91 Å². The third-order valence-electron chi connectivity index (χ3n) is 5.59. The number of aromatic nitrogens is 1. The van der Waals surface area contributed by atoms with Crippen LogP contribution in [0.25, 0.3) is 0 Å². The van der Waals surface area contributed by atoms with E-state index in [9.17, 15) is 4.79 Å². The molecule has 1 aromatic carbocycles. The van der Waals surface area contributed by atoms with Crippen LogP contribution in [-0.2, 0) is 11.3 Å². The fraction of sp³-hybridized carbons (Fsp3) is 0.429. The van der Waals surface area contributed by atoms with Gasteiger partial charge in [-0.1, -0.05) is 12.1 Å². The maximum atomic E-state index is 12.5. The molecule has 6 heteroatoms. The van der Waals surface area contributed by atoms with E-state index in [1.165, 1.54) is 6.42 Å². The molecule has 0 aliphatic carbocycles. The number of carbonyl (C=O) groups is 1. The summed E-state index contributed by atoms with van der Waals surface area (Å²) in [5, 5.41) is 2.93. The van der Waals surface area contributed by atoms with Crippen LogP contribution in [0.2, 0.25) is 0 Å². The number of carbonyl (C=O) groups excluding carboxylic acids is 1. The molecule has 2 aliphatic heterocycles. The lowest BCUT2D eigenvalue weighted by Gasteiger charge is -2.48. The normalized spacial score (nSPS) is 18.0. The van der Waals surface area contributed by atoms with E-state index in [2.05, 4.69) is 15.2 Å². The summed E-state index contributed by atoms with van der Waals surface area (Å²) >= 11 is 0. The summed E-state index contributed by atoms with van der Waals surface area (Å²) in [5.74, 6) is 0.638. The molecule has 2 fully saturated rings. The second kappa shape index (κ2) is 7.56. The number of amides is 1. The zero-order valence-electron chi connectivity index (χ0n) is 15.6. The van der Waals surface area contributed by atoms with Crippen molar-refractivity contribution in [2.75, 3.05) is 31.7 Å². The summed E-state index contributed by atoms with van der Waals surface area (Å²) in [5.41, 5.74) is 2.64. The predicted octanol–water partition coefficient (Wildman–Crippen LogP) is 2.78. The van der Waals surface area contributed by atoms with Crippen LogP contribution in [0.1, 0.15) is 35.3 Å². The number of nitrogens with one attached hydrogen (secondary N) is 1. The molecular formula is C21H25N3O3. The van der Waals surface area contributed by atoms with E-state index in [0.717, 1.165) is 49.5 Å². The average molecular weight is 367 g/mol. The Bertz CT molecular complexity index is 793. The number of hydrogen-bond acceptors (Lipinski definition) is 5. The Kier molecular flexibility index (Phi) is 4.99. The fourth-order valence-corrected chi connectivity index (χ4v) is 3.71. The number of hydrogen-bond donors (Lipinski definition) is 1. The van der Waals surface area contributed by atoms with Crippen molar-refractivity contribution in [3.8, 4) is 5.75 Å². The molecule has 0 atom stereocenters. The summed E-state index contributed by atoms with van der Waals surface area (Å²) in [6, 6.07) is 11.5. The van der Waals surface area contributed by atoms with E-state index in [0.29, 0.717) is 12.2 Å². The third kappa shape index (κ3) is 3.90. The number of benzene rings is 1. The molecule has 0 unspecified atom stereocenters. The van der Waals surface area contributed by atoms with E-state index in [4.69, 9.17) is 9.47 Å². The number of piperidine rings is 1. The quantitative estimate of drug-likeness (QED) is 0.880. The SMILES string of the molecule is COc1ccc(CNC(=O)c2cc(N3CCC4(CCO4)CC3)ccn2)cc1. The van der Waals surface area contributed by atoms with E-state index >= 15 is 0 Å². The minimum absolute atomic E-state index is 0.127. The van der Waals surface area contributed by atoms with Gasteiger partial charge in [-0.2, -0.15) is 0 Å². The van der Waals surface area contributed by atoms with Gasteiger partial charge in [0.2, 0.25) is 0 Å². The molecule has 2 aromatic rings. The number of pyridine rings is 1. The summed E-state index contributed by atoms with van der Waals surface area (Å²) in [6.45, 7) is 3.26. The molecule has 0 bridgehead atoms. The first kappa shape index (κ1) is 17.8. The number of ether oxygens (including phenoxy) is 2. The lowest BCUT2D eigenvalue weighted by molar-refractivity contribution is -0.158. The van der Waals surface area contributed by atoms with Gasteiger partial charge in [0.1, 0.15) is 11.4 Å².